The highest BCUT2D eigenvalue weighted by Crippen LogP contribution is 2.29. The Morgan fingerprint density at radius 2 is 2.04 bits per heavy atom. The number of rotatable bonds is 6. The second-order valence-electron chi connectivity index (χ2n) is 7.86. The second-order valence-corrected chi connectivity index (χ2v) is 7.86. The molecule has 1 aliphatic carbocycles. The standard InChI is InChI=1S/C21H28N4O2/c1-24-18-10-5-4-9-17(18)23-19(24)11-6-12-22-21(27)15-13-20(26)25(14-15)16-7-2-3-8-16/h4-5,9-10,15-16H,2-3,6-8,11-14H2,1H3,(H,22,27). The minimum atomic E-state index is -0.186. The minimum absolute atomic E-state index is 0.0221. The van der Waals surface area contributed by atoms with Gasteiger partial charge in [-0.1, -0.05) is 25.0 Å². The summed E-state index contributed by atoms with van der Waals surface area (Å²) in [5.41, 5.74) is 2.14. The molecule has 1 unspecified atom stereocenters. The summed E-state index contributed by atoms with van der Waals surface area (Å²) in [7, 11) is 2.03. The summed E-state index contributed by atoms with van der Waals surface area (Å²) in [6.45, 7) is 1.22. The smallest absolute Gasteiger partial charge is 0.225 e. The molecule has 6 nitrogen and oxygen atoms in total. The predicted molar refractivity (Wildman–Crippen MR) is 104 cm³/mol. The van der Waals surface area contributed by atoms with E-state index >= 15 is 0 Å². The number of likely N-dealkylation sites (tertiary alicyclic amines) is 1. The van der Waals surface area contributed by atoms with Crippen LogP contribution in [-0.4, -0.2) is 45.4 Å². The topological polar surface area (TPSA) is 67.2 Å². The monoisotopic (exact) mass is 368 g/mol. The zero-order chi connectivity index (χ0) is 18.8. The van der Waals surface area contributed by atoms with Gasteiger partial charge in [0.05, 0.1) is 17.0 Å². The van der Waals surface area contributed by atoms with Crippen molar-refractivity contribution in [2.75, 3.05) is 13.1 Å². The van der Waals surface area contributed by atoms with Gasteiger partial charge in [-0.3, -0.25) is 9.59 Å². The van der Waals surface area contributed by atoms with Crippen molar-refractivity contribution in [2.45, 2.75) is 51.0 Å². The van der Waals surface area contributed by atoms with Crippen LogP contribution in [0.3, 0.4) is 0 Å². The van der Waals surface area contributed by atoms with E-state index in [-0.39, 0.29) is 17.7 Å². The Hall–Kier alpha value is -2.37. The summed E-state index contributed by atoms with van der Waals surface area (Å²) in [4.78, 5) is 31.3. The quantitative estimate of drug-likeness (QED) is 0.796. The molecule has 1 saturated heterocycles. The molecule has 1 N–H and O–H groups in total. The van der Waals surface area contributed by atoms with Crippen molar-refractivity contribution >= 4 is 22.8 Å². The van der Waals surface area contributed by atoms with Crippen LogP contribution < -0.4 is 5.32 Å². The van der Waals surface area contributed by atoms with Crippen molar-refractivity contribution < 1.29 is 9.59 Å². The van der Waals surface area contributed by atoms with Crippen LogP contribution >= 0.6 is 0 Å². The van der Waals surface area contributed by atoms with E-state index < -0.39 is 0 Å². The van der Waals surface area contributed by atoms with Crippen molar-refractivity contribution in [3.05, 3.63) is 30.1 Å². The normalized spacial score (nSPS) is 20.7. The molecule has 1 atom stereocenters. The Bertz CT molecular complexity index is 838. The van der Waals surface area contributed by atoms with Crippen molar-refractivity contribution in [2.24, 2.45) is 13.0 Å². The number of hydrogen-bond acceptors (Lipinski definition) is 3. The Balaban J connectivity index is 1.25. The number of aromatic nitrogens is 2. The molecule has 0 spiro atoms. The number of amides is 2. The van der Waals surface area contributed by atoms with E-state index in [9.17, 15) is 9.59 Å². The molecular formula is C21H28N4O2. The third kappa shape index (κ3) is 3.70. The van der Waals surface area contributed by atoms with Gasteiger partial charge in [-0.15, -0.1) is 0 Å². The highest BCUT2D eigenvalue weighted by molar-refractivity contribution is 5.89. The first kappa shape index (κ1) is 18.0. The van der Waals surface area contributed by atoms with Crippen LogP contribution in [0.2, 0.25) is 0 Å². The van der Waals surface area contributed by atoms with Crippen LogP contribution in [0.25, 0.3) is 11.0 Å². The predicted octanol–water partition coefficient (Wildman–Crippen LogP) is 2.41. The van der Waals surface area contributed by atoms with E-state index in [1.165, 1.54) is 12.8 Å². The van der Waals surface area contributed by atoms with Crippen molar-refractivity contribution in [1.29, 1.82) is 0 Å². The van der Waals surface area contributed by atoms with Crippen LogP contribution in [-0.2, 0) is 23.1 Å². The molecule has 4 rings (SSSR count). The molecule has 2 aliphatic rings. The van der Waals surface area contributed by atoms with Gasteiger partial charge in [-0.25, -0.2) is 4.98 Å². The molecule has 6 heteroatoms. The maximum atomic E-state index is 12.5. The zero-order valence-corrected chi connectivity index (χ0v) is 16.0. The van der Waals surface area contributed by atoms with Gasteiger partial charge >= 0.3 is 0 Å². The van der Waals surface area contributed by atoms with Gasteiger partial charge in [0.15, 0.2) is 0 Å². The number of fused-ring (bicyclic) bond motifs is 1. The highest BCUT2D eigenvalue weighted by Gasteiger charge is 2.38. The lowest BCUT2D eigenvalue weighted by Gasteiger charge is -2.23. The fourth-order valence-electron chi connectivity index (χ4n) is 4.50. The molecule has 1 saturated carbocycles. The van der Waals surface area contributed by atoms with Crippen LogP contribution in [0.15, 0.2) is 24.3 Å². The van der Waals surface area contributed by atoms with Crippen LogP contribution in [0.5, 0.6) is 0 Å². The summed E-state index contributed by atoms with van der Waals surface area (Å²) >= 11 is 0. The fourth-order valence-corrected chi connectivity index (χ4v) is 4.50. The highest BCUT2D eigenvalue weighted by atomic mass is 16.2. The Morgan fingerprint density at radius 3 is 2.81 bits per heavy atom. The molecule has 2 heterocycles. The van der Waals surface area contributed by atoms with Crippen molar-refractivity contribution in [3.8, 4) is 0 Å². The number of nitrogens with zero attached hydrogens (tertiary/aromatic N) is 3. The largest absolute Gasteiger partial charge is 0.356 e. The number of hydrogen-bond donors (Lipinski definition) is 1. The summed E-state index contributed by atoms with van der Waals surface area (Å²) in [6, 6.07) is 8.48. The number of nitrogens with one attached hydrogen (secondary N) is 1. The van der Waals surface area contributed by atoms with Gasteiger partial charge in [0.1, 0.15) is 5.82 Å². The fraction of sp³-hybridized carbons (Fsp3) is 0.571. The molecule has 1 aromatic carbocycles. The van der Waals surface area contributed by atoms with Gasteiger partial charge in [0.25, 0.3) is 0 Å². The van der Waals surface area contributed by atoms with E-state index in [0.29, 0.717) is 25.6 Å². The summed E-state index contributed by atoms with van der Waals surface area (Å²) in [6.07, 6.45) is 6.63. The molecule has 2 amide bonds. The summed E-state index contributed by atoms with van der Waals surface area (Å²) in [5.74, 6) is 1.03. The zero-order valence-electron chi connectivity index (χ0n) is 16.0. The Labute approximate surface area is 159 Å². The summed E-state index contributed by atoms with van der Waals surface area (Å²) in [5, 5.41) is 3.02. The van der Waals surface area contributed by atoms with Gasteiger partial charge in [-0.05, 0) is 31.4 Å². The van der Waals surface area contributed by atoms with Gasteiger partial charge in [-0.2, -0.15) is 0 Å². The molecule has 144 valence electrons. The average Bonchev–Trinajstić information content (AvgIpc) is 3.39. The molecule has 1 aliphatic heterocycles. The third-order valence-electron chi connectivity index (χ3n) is 6.05. The maximum Gasteiger partial charge on any atom is 0.225 e. The van der Waals surface area contributed by atoms with E-state index in [1.807, 2.05) is 30.1 Å². The lowest BCUT2D eigenvalue weighted by atomic mass is 10.1. The first-order chi connectivity index (χ1) is 13.1. The molecule has 27 heavy (non-hydrogen) atoms. The molecular weight excluding hydrogens is 340 g/mol. The van der Waals surface area contributed by atoms with Crippen molar-refractivity contribution in [3.63, 3.8) is 0 Å². The van der Waals surface area contributed by atoms with E-state index in [4.69, 9.17) is 0 Å². The average molecular weight is 368 g/mol. The number of carbonyl (C=O) groups excluding carboxylic acids is 2. The SMILES string of the molecule is Cn1c(CCCNC(=O)C2CC(=O)N(C3CCCC3)C2)nc2ccccc21. The molecule has 2 fully saturated rings. The van der Waals surface area contributed by atoms with Gasteiger partial charge < -0.3 is 14.8 Å². The number of carbonyl (C=O) groups is 2. The second kappa shape index (κ2) is 7.71. The number of benzene rings is 1. The number of para-hydroxylation sites is 2. The van der Waals surface area contributed by atoms with E-state index in [2.05, 4.69) is 20.9 Å². The van der Waals surface area contributed by atoms with Gasteiger partial charge in [0, 0.05) is 39.0 Å². The molecule has 2 aromatic rings. The Kier molecular flexibility index (Phi) is 5.14. The Morgan fingerprint density at radius 1 is 1.26 bits per heavy atom. The number of aryl methyl sites for hydroxylation is 2. The van der Waals surface area contributed by atoms with Crippen molar-refractivity contribution in [1.82, 2.24) is 19.8 Å². The number of imidazole rings is 1. The third-order valence-corrected chi connectivity index (χ3v) is 6.05. The minimum Gasteiger partial charge on any atom is -0.356 e. The molecule has 0 bridgehead atoms. The molecule has 1 aromatic heterocycles. The maximum absolute atomic E-state index is 12.5. The first-order valence-corrected chi connectivity index (χ1v) is 10.1. The van der Waals surface area contributed by atoms with Crippen LogP contribution in [0.1, 0.15) is 44.3 Å². The van der Waals surface area contributed by atoms with Crippen LogP contribution in [0, 0.1) is 5.92 Å². The van der Waals surface area contributed by atoms with E-state index in [1.54, 1.807) is 0 Å². The molecule has 0 radical (unpaired) electrons. The summed E-state index contributed by atoms with van der Waals surface area (Å²) < 4.78 is 2.12. The lowest BCUT2D eigenvalue weighted by molar-refractivity contribution is -0.130. The first-order valence-electron chi connectivity index (χ1n) is 10.1. The van der Waals surface area contributed by atoms with Crippen LogP contribution in [0.4, 0.5) is 0 Å². The van der Waals surface area contributed by atoms with Gasteiger partial charge in [0.2, 0.25) is 11.8 Å². The lowest BCUT2D eigenvalue weighted by Crippen LogP contribution is -2.37. The van der Waals surface area contributed by atoms with E-state index in [0.717, 1.165) is 42.5 Å².